The van der Waals surface area contributed by atoms with E-state index in [-0.39, 0.29) is 22.1 Å². The molecule has 1 atom stereocenters. The summed E-state index contributed by atoms with van der Waals surface area (Å²) in [5.74, 6) is 0.418. The molecule has 27 heavy (non-hydrogen) atoms. The van der Waals surface area contributed by atoms with Gasteiger partial charge in [0, 0.05) is 16.3 Å². The molecule has 0 saturated carbocycles. The van der Waals surface area contributed by atoms with Crippen molar-refractivity contribution in [2.75, 3.05) is 0 Å². The van der Waals surface area contributed by atoms with Gasteiger partial charge in [0.15, 0.2) is 0 Å². The minimum absolute atomic E-state index is 0.0443. The minimum atomic E-state index is -0.139. The molecular formula is C23H42NO2P. The number of allylic oxidation sites excluding steroid dienone is 5. The molecule has 0 radical (unpaired) electrons. The summed E-state index contributed by atoms with van der Waals surface area (Å²) in [6, 6.07) is 0. The Morgan fingerprint density at radius 1 is 0.963 bits per heavy atom. The van der Waals surface area contributed by atoms with Gasteiger partial charge in [-0.15, -0.1) is 9.24 Å². The van der Waals surface area contributed by atoms with Crippen LogP contribution in [0.4, 0.5) is 0 Å². The van der Waals surface area contributed by atoms with Gasteiger partial charge in [0.05, 0.1) is 11.5 Å². The van der Waals surface area contributed by atoms with Crippen LogP contribution in [0.2, 0.25) is 0 Å². The van der Waals surface area contributed by atoms with Gasteiger partial charge < -0.3 is 10.2 Å². The van der Waals surface area contributed by atoms with Crippen LogP contribution in [0.3, 0.4) is 0 Å². The van der Waals surface area contributed by atoms with E-state index in [2.05, 4.69) is 47.8 Å². The zero-order valence-corrected chi connectivity index (χ0v) is 20.3. The molecular weight excluding hydrogens is 353 g/mol. The lowest BCUT2D eigenvalue weighted by atomic mass is 9.95. The lowest BCUT2D eigenvalue weighted by Gasteiger charge is -2.18. The smallest absolute Gasteiger partial charge is 0.117 e. The van der Waals surface area contributed by atoms with Gasteiger partial charge in [0.2, 0.25) is 0 Å². The first-order chi connectivity index (χ1) is 12.0. The molecule has 0 fully saturated rings. The van der Waals surface area contributed by atoms with Gasteiger partial charge in [0.1, 0.15) is 5.76 Å². The molecule has 3 nitrogen and oxygen atoms in total. The van der Waals surface area contributed by atoms with Crippen LogP contribution in [0.15, 0.2) is 65.2 Å². The van der Waals surface area contributed by atoms with E-state index < -0.39 is 0 Å². The van der Waals surface area contributed by atoms with E-state index in [1.54, 1.807) is 0 Å². The van der Waals surface area contributed by atoms with E-state index in [1.807, 2.05) is 61.5 Å². The first-order valence-corrected chi connectivity index (χ1v) is 9.74. The standard InChI is InChI=1S/C15H24NOP.C6H12O.C2H6/c1-8-14(17)11(3)9-10(2)12(4)16-13(5)15(6,7)18;1-5(7)6(2,3)4;1-2/h8-9,17H,1,4,18H2,2-3,5-7H3;7H,1H2,2-4H3;1-2H3/b10-9+,14-11+,16-13?;;. The molecule has 0 saturated heterocycles. The monoisotopic (exact) mass is 395 g/mol. The van der Waals surface area contributed by atoms with E-state index in [0.717, 1.165) is 16.9 Å². The Morgan fingerprint density at radius 2 is 1.33 bits per heavy atom. The summed E-state index contributed by atoms with van der Waals surface area (Å²) >= 11 is 0. The predicted octanol–water partition coefficient (Wildman–Crippen LogP) is 7.71. The lowest BCUT2D eigenvalue weighted by Crippen LogP contribution is -2.20. The molecule has 0 aromatic rings. The number of hydrogen-bond acceptors (Lipinski definition) is 3. The van der Waals surface area contributed by atoms with Crippen LogP contribution in [0, 0.1) is 5.41 Å². The average molecular weight is 396 g/mol. The third-order valence-electron chi connectivity index (χ3n) is 3.59. The fraction of sp³-hybridized carbons (Fsp3) is 0.522. The van der Waals surface area contributed by atoms with Gasteiger partial charge in [-0.3, -0.25) is 4.99 Å². The summed E-state index contributed by atoms with van der Waals surface area (Å²) in [5, 5.41) is 18.2. The SMILES string of the molecule is C=C(O)C(C)(C)C.C=C/C(O)=C(C)\C=C(/C)C(=C)N=C(C)C(C)(C)P.CC. The van der Waals surface area contributed by atoms with Crippen molar-refractivity contribution in [3.63, 3.8) is 0 Å². The summed E-state index contributed by atoms with van der Waals surface area (Å²) in [6.07, 6.45) is 3.27. The number of nitrogens with zero attached hydrogens (tertiary/aromatic N) is 1. The lowest BCUT2D eigenvalue weighted by molar-refractivity contribution is 0.280. The second kappa shape index (κ2) is 13.6. The third kappa shape index (κ3) is 15.2. The molecule has 156 valence electrons. The molecule has 4 heteroatoms. The fourth-order valence-electron chi connectivity index (χ4n) is 1.08. The Hall–Kier alpha value is -1.60. The zero-order valence-electron chi connectivity index (χ0n) is 19.2. The molecule has 0 aliphatic heterocycles. The molecule has 0 heterocycles. The predicted molar refractivity (Wildman–Crippen MR) is 128 cm³/mol. The molecule has 0 aliphatic carbocycles. The van der Waals surface area contributed by atoms with Crippen molar-refractivity contribution in [2.24, 2.45) is 10.4 Å². The number of rotatable bonds is 5. The molecule has 0 aromatic carbocycles. The fourth-order valence-corrected chi connectivity index (χ4v) is 1.14. The molecule has 0 bridgehead atoms. The van der Waals surface area contributed by atoms with Gasteiger partial charge in [0.25, 0.3) is 0 Å². The number of aliphatic imine (C=N–C) groups is 1. The van der Waals surface area contributed by atoms with Gasteiger partial charge in [-0.2, -0.15) is 0 Å². The van der Waals surface area contributed by atoms with Crippen molar-refractivity contribution in [3.05, 3.63) is 60.3 Å². The van der Waals surface area contributed by atoms with Crippen molar-refractivity contribution < 1.29 is 10.2 Å². The van der Waals surface area contributed by atoms with Crippen LogP contribution in [-0.4, -0.2) is 21.1 Å². The van der Waals surface area contributed by atoms with Gasteiger partial charge in [-0.25, -0.2) is 0 Å². The minimum Gasteiger partial charge on any atom is -0.512 e. The van der Waals surface area contributed by atoms with Crippen molar-refractivity contribution in [1.29, 1.82) is 0 Å². The van der Waals surface area contributed by atoms with Crippen molar-refractivity contribution in [2.45, 2.75) is 74.4 Å². The maximum Gasteiger partial charge on any atom is 0.117 e. The van der Waals surface area contributed by atoms with Crippen LogP contribution in [-0.2, 0) is 0 Å². The largest absolute Gasteiger partial charge is 0.512 e. The maximum absolute atomic E-state index is 9.52. The van der Waals surface area contributed by atoms with Crippen LogP contribution in [0.1, 0.15) is 69.2 Å². The summed E-state index contributed by atoms with van der Waals surface area (Å²) < 4.78 is 0. The summed E-state index contributed by atoms with van der Waals surface area (Å²) in [7, 11) is 2.76. The Balaban J connectivity index is -0.000000535. The third-order valence-corrected chi connectivity index (χ3v) is 4.00. The Labute approximate surface area is 170 Å². The number of hydrogen-bond donors (Lipinski definition) is 2. The molecule has 2 N–H and O–H groups in total. The highest BCUT2D eigenvalue weighted by atomic mass is 31.0. The quantitative estimate of drug-likeness (QED) is 0.217. The Bertz CT molecular complexity index is 595. The normalized spacial score (nSPS) is 13.3. The zero-order chi connectivity index (χ0) is 22.6. The van der Waals surface area contributed by atoms with Crippen LogP contribution >= 0.6 is 9.24 Å². The van der Waals surface area contributed by atoms with Crippen molar-refractivity contribution >= 4 is 15.0 Å². The molecule has 0 aliphatic rings. The topological polar surface area (TPSA) is 52.8 Å². The molecule has 0 aromatic heterocycles. The molecule has 0 spiro atoms. The van der Waals surface area contributed by atoms with Crippen molar-refractivity contribution in [3.8, 4) is 0 Å². The van der Waals surface area contributed by atoms with E-state index in [1.165, 1.54) is 6.08 Å². The highest BCUT2D eigenvalue weighted by Gasteiger charge is 2.14. The van der Waals surface area contributed by atoms with Crippen LogP contribution in [0.25, 0.3) is 0 Å². The average Bonchev–Trinajstić information content (AvgIpc) is 2.54. The van der Waals surface area contributed by atoms with Gasteiger partial charge >= 0.3 is 0 Å². The Morgan fingerprint density at radius 3 is 1.59 bits per heavy atom. The van der Waals surface area contributed by atoms with Crippen molar-refractivity contribution in [1.82, 2.24) is 0 Å². The summed E-state index contributed by atoms with van der Waals surface area (Å²) in [5.41, 5.74) is 3.25. The number of aliphatic hydroxyl groups excluding tert-OH is 2. The van der Waals surface area contributed by atoms with E-state index in [4.69, 9.17) is 5.11 Å². The second-order valence-electron chi connectivity index (χ2n) is 7.66. The highest BCUT2D eigenvalue weighted by Crippen LogP contribution is 2.21. The summed E-state index contributed by atoms with van der Waals surface area (Å²) in [6.45, 7) is 30.5. The summed E-state index contributed by atoms with van der Waals surface area (Å²) in [4.78, 5) is 4.49. The molecule has 0 rings (SSSR count). The van der Waals surface area contributed by atoms with E-state index in [9.17, 15) is 5.11 Å². The first-order valence-electron chi connectivity index (χ1n) is 9.16. The highest BCUT2D eigenvalue weighted by molar-refractivity contribution is 7.21. The molecule has 0 amide bonds. The van der Waals surface area contributed by atoms with E-state index in [0.29, 0.717) is 5.70 Å². The van der Waals surface area contributed by atoms with E-state index >= 15 is 0 Å². The van der Waals surface area contributed by atoms with Gasteiger partial charge in [-0.05, 0) is 38.0 Å². The number of aliphatic hydroxyl groups is 2. The Kier molecular flexibility index (Phi) is 15.1. The van der Waals surface area contributed by atoms with Gasteiger partial charge in [-0.1, -0.05) is 74.3 Å². The van der Waals surface area contributed by atoms with Crippen LogP contribution in [0.5, 0.6) is 0 Å². The maximum atomic E-state index is 9.52. The first kappa shape index (κ1) is 30.1. The second-order valence-corrected chi connectivity index (χ2v) is 9.11. The molecule has 1 unspecified atom stereocenters. The van der Waals surface area contributed by atoms with Crippen LogP contribution < -0.4 is 0 Å².